The van der Waals surface area contributed by atoms with Gasteiger partial charge in [-0.25, -0.2) is 22.9 Å². The van der Waals surface area contributed by atoms with Crippen molar-refractivity contribution >= 4 is 27.6 Å². The Bertz CT molecular complexity index is 1470. The maximum Gasteiger partial charge on any atom is 0.416 e. The number of alkyl halides is 3. The summed E-state index contributed by atoms with van der Waals surface area (Å²) >= 11 is 0. The maximum atomic E-state index is 13.3. The van der Waals surface area contributed by atoms with Crippen LogP contribution in [0.25, 0.3) is 0 Å². The third-order valence-corrected chi connectivity index (χ3v) is 6.40. The number of imide groups is 1. The zero-order valence-electron chi connectivity index (χ0n) is 18.0. The largest absolute Gasteiger partial charge is 0.465 e. The lowest BCUT2D eigenvalue weighted by Crippen LogP contribution is -2.52. The molecule has 1 atom stereocenters. The number of allylic oxidation sites excluding steroid dienone is 1. The molecule has 0 radical (unpaired) electrons. The van der Waals surface area contributed by atoms with Gasteiger partial charge in [-0.15, -0.1) is 0 Å². The zero-order valence-corrected chi connectivity index (χ0v) is 18.8. The van der Waals surface area contributed by atoms with Gasteiger partial charge in [-0.1, -0.05) is 12.1 Å². The third-order valence-electron chi connectivity index (χ3n) is 5.25. The first kappa shape index (κ1) is 25.3. The van der Waals surface area contributed by atoms with Crippen LogP contribution in [0.5, 0.6) is 0 Å². The molecule has 1 heterocycles. The molecule has 0 spiro atoms. The Hall–Kier alpha value is -4.36. The minimum Gasteiger partial charge on any atom is -0.465 e. The molecule has 0 saturated heterocycles. The second-order valence-electron chi connectivity index (χ2n) is 7.47. The van der Waals surface area contributed by atoms with Gasteiger partial charge in [0.25, 0.3) is 0 Å². The number of carbonyl (C=O) groups excluding carboxylic acids is 1. The third kappa shape index (κ3) is 4.54. The molecule has 2 aromatic carbocycles. The fraction of sp³-hybridized carbons (Fsp3) is 0.182. The lowest BCUT2D eigenvalue weighted by atomic mass is 9.93. The van der Waals surface area contributed by atoms with Crippen molar-refractivity contribution < 1.29 is 36.3 Å². The summed E-state index contributed by atoms with van der Waals surface area (Å²) in [6.07, 6.45) is -5.83. The highest BCUT2D eigenvalue weighted by molar-refractivity contribution is 7.90. The van der Waals surface area contributed by atoms with E-state index in [0.29, 0.717) is 11.0 Å². The Morgan fingerprint density at radius 3 is 2.29 bits per heavy atom. The van der Waals surface area contributed by atoms with Gasteiger partial charge < -0.3 is 5.11 Å². The second-order valence-corrected chi connectivity index (χ2v) is 9.45. The predicted octanol–water partition coefficient (Wildman–Crippen LogP) is 4.44. The Labute approximate surface area is 197 Å². The van der Waals surface area contributed by atoms with E-state index in [0.717, 1.165) is 36.6 Å². The summed E-state index contributed by atoms with van der Waals surface area (Å²) < 4.78 is 64.6. The average molecular weight is 504 g/mol. The van der Waals surface area contributed by atoms with Gasteiger partial charge in [-0.3, -0.25) is 4.90 Å². The Morgan fingerprint density at radius 1 is 1.11 bits per heavy atom. The van der Waals surface area contributed by atoms with Crippen LogP contribution in [0.4, 0.5) is 28.4 Å². The zero-order chi connectivity index (χ0) is 26.3. The van der Waals surface area contributed by atoms with E-state index in [1.54, 1.807) is 12.1 Å². The summed E-state index contributed by atoms with van der Waals surface area (Å²) in [5.41, 5.74) is -2.36. The molecule has 0 saturated carbocycles. The molecule has 1 aliphatic heterocycles. The van der Waals surface area contributed by atoms with Crippen LogP contribution in [0.1, 0.15) is 29.7 Å². The van der Waals surface area contributed by atoms with E-state index in [1.165, 1.54) is 13.0 Å². The Morgan fingerprint density at radius 2 is 1.77 bits per heavy atom. The van der Waals surface area contributed by atoms with Crippen molar-refractivity contribution in [2.75, 3.05) is 11.2 Å². The number of hydrogen-bond acceptors (Lipinski definition) is 6. The highest BCUT2D eigenvalue weighted by Crippen LogP contribution is 2.42. The van der Waals surface area contributed by atoms with Crippen molar-refractivity contribution in [3.63, 3.8) is 0 Å². The normalized spacial score (nSPS) is 16.7. The molecule has 1 N–H and O–H groups in total. The summed E-state index contributed by atoms with van der Waals surface area (Å²) in [6, 6.07) is 7.30. The molecule has 180 valence electrons. The first-order valence-corrected chi connectivity index (χ1v) is 11.5. The summed E-state index contributed by atoms with van der Waals surface area (Å²) in [4.78, 5) is 25.8. The fourth-order valence-corrected chi connectivity index (χ4v) is 4.66. The van der Waals surface area contributed by atoms with Crippen molar-refractivity contribution in [3.05, 3.63) is 70.4 Å². The van der Waals surface area contributed by atoms with Crippen molar-refractivity contribution in [1.29, 1.82) is 10.5 Å². The first-order chi connectivity index (χ1) is 16.2. The van der Waals surface area contributed by atoms with Crippen molar-refractivity contribution in [2.45, 2.75) is 24.0 Å². The van der Waals surface area contributed by atoms with Crippen LogP contribution >= 0.6 is 0 Å². The van der Waals surface area contributed by atoms with E-state index in [4.69, 9.17) is 5.26 Å². The number of sulfone groups is 1. The number of nitriles is 2. The molecule has 0 aliphatic carbocycles. The first-order valence-electron chi connectivity index (χ1n) is 9.60. The van der Waals surface area contributed by atoms with Gasteiger partial charge in [0, 0.05) is 12.0 Å². The monoisotopic (exact) mass is 504 g/mol. The van der Waals surface area contributed by atoms with E-state index in [2.05, 4.69) is 0 Å². The number of anilines is 1. The van der Waals surface area contributed by atoms with Crippen LogP contribution in [-0.4, -0.2) is 36.8 Å². The Kier molecular flexibility index (Phi) is 6.33. The topological polar surface area (TPSA) is 143 Å². The van der Waals surface area contributed by atoms with Crippen molar-refractivity contribution in [3.8, 4) is 12.1 Å². The van der Waals surface area contributed by atoms with Crippen LogP contribution in [0.2, 0.25) is 0 Å². The van der Waals surface area contributed by atoms with Crippen molar-refractivity contribution in [2.24, 2.45) is 0 Å². The molecule has 1 unspecified atom stereocenters. The molecular weight excluding hydrogens is 489 g/mol. The molecule has 2 aromatic rings. The Balaban J connectivity index is 2.35. The van der Waals surface area contributed by atoms with Gasteiger partial charge in [0.05, 0.1) is 39.4 Å². The molecule has 3 amide bonds. The fourth-order valence-electron chi connectivity index (χ4n) is 3.71. The van der Waals surface area contributed by atoms with Crippen molar-refractivity contribution in [1.82, 2.24) is 4.90 Å². The molecule has 0 aromatic heterocycles. The van der Waals surface area contributed by atoms with E-state index in [9.17, 15) is 41.5 Å². The van der Waals surface area contributed by atoms with Gasteiger partial charge in [0.1, 0.15) is 6.04 Å². The number of halogens is 3. The molecule has 0 fully saturated rings. The molecular formula is C22H15F3N4O5S. The van der Waals surface area contributed by atoms with Gasteiger partial charge in [0.15, 0.2) is 9.84 Å². The van der Waals surface area contributed by atoms with Gasteiger partial charge in [0.2, 0.25) is 0 Å². The van der Waals surface area contributed by atoms with E-state index >= 15 is 0 Å². The SMILES string of the molecule is CC1=C(C#N)C(c2ccc(C#N)cc2S(C)(=O)=O)N(C(=O)O)C(=O)N1c1cccc(C(F)(F)F)c1. The van der Waals surface area contributed by atoms with E-state index in [-0.39, 0.29) is 33.0 Å². The van der Waals surface area contributed by atoms with Gasteiger partial charge >= 0.3 is 18.3 Å². The standard InChI is InChI=1S/C22H15F3N4O5S/c1-12-17(11-27)19(16-7-6-13(10-26)8-18(16)35(2,33)34)29(21(31)32)20(30)28(12)15-5-3-4-14(9-15)22(23,24)25/h3-9,19H,1-2H3,(H,31,32). The minimum atomic E-state index is -4.76. The summed E-state index contributed by atoms with van der Waals surface area (Å²) in [6.45, 7) is 1.23. The number of hydrogen-bond donors (Lipinski definition) is 1. The summed E-state index contributed by atoms with van der Waals surface area (Å²) in [5.74, 6) is 0. The highest BCUT2D eigenvalue weighted by Gasteiger charge is 2.45. The van der Waals surface area contributed by atoms with Gasteiger partial charge in [-0.05, 0) is 42.8 Å². The number of carboxylic acid groups (broad SMARTS) is 1. The van der Waals surface area contributed by atoms with Crippen LogP contribution in [-0.2, 0) is 16.0 Å². The van der Waals surface area contributed by atoms with E-state index < -0.39 is 44.6 Å². The van der Waals surface area contributed by atoms with Gasteiger partial charge in [-0.2, -0.15) is 23.7 Å². The smallest absolute Gasteiger partial charge is 0.416 e. The number of nitrogens with zero attached hydrogens (tertiary/aromatic N) is 4. The summed E-state index contributed by atoms with van der Waals surface area (Å²) in [7, 11) is -4.07. The lowest BCUT2D eigenvalue weighted by Gasteiger charge is -2.39. The second kappa shape index (κ2) is 8.77. The lowest BCUT2D eigenvalue weighted by molar-refractivity contribution is -0.137. The van der Waals surface area contributed by atoms with Crippen LogP contribution in [0.3, 0.4) is 0 Å². The average Bonchev–Trinajstić information content (AvgIpc) is 2.77. The molecule has 9 nitrogen and oxygen atoms in total. The number of benzene rings is 2. The minimum absolute atomic E-state index is 0.0667. The molecule has 0 bridgehead atoms. The van der Waals surface area contributed by atoms with Crippen LogP contribution in [0, 0.1) is 22.7 Å². The van der Waals surface area contributed by atoms with Crippen LogP contribution in [0.15, 0.2) is 58.6 Å². The number of rotatable bonds is 3. The predicted molar refractivity (Wildman–Crippen MR) is 115 cm³/mol. The summed E-state index contributed by atoms with van der Waals surface area (Å²) in [5, 5.41) is 28.9. The number of carbonyl (C=O) groups is 2. The van der Waals surface area contributed by atoms with E-state index in [1.807, 2.05) is 0 Å². The van der Waals surface area contributed by atoms with Crippen LogP contribution < -0.4 is 4.90 Å². The molecule has 13 heteroatoms. The molecule has 1 aliphatic rings. The molecule has 3 rings (SSSR count). The highest BCUT2D eigenvalue weighted by atomic mass is 32.2. The quantitative estimate of drug-likeness (QED) is 0.651. The molecule has 35 heavy (non-hydrogen) atoms. The number of urea groups is 1. The maximum absolute atomic E-state index is 13.3. The number of amides is 3.